The highest BCUT2D eigenvalue weighted by molar-refractivity contribution is 7.57. The molecule has 3 N–H and O–H groups in total. The Bertz CT molecular complexity index is 169. The summed E-state index contributed by atoms with van der Waals surface area (Å²) >= 11 is 0. The third-order valence-electron chi connectivity index (χ3n) is 0.538. The molecule has 0 aromatic carbocycles. The summed E-state index contributed by atoms with van der Waals surface area (Å²) in [5, 5.41) is 2.00. The standard InChI is InChI=1S/C2H7NO5P2/c1-2-3-10(6,7)8-9(4)5/h2H2,1H3,(H2-,3,4,5,6,7)/p+1. The van der Waals surface area contributed by atoms with E-state index in [0.29, 0.717) is 0 Å². The molecule has 0 aliphatic rings. The number of hydrogen-bond donors (Lipinski definition) is 3. The van der Waals surface area contributed by atoms with Crippen LogP contribution in [0.2, 0.25) is 0 Å². The van der Waals surface area contributed by atoms with Crippen molar-refractivity contribution in [3.8, 4) is 0 Å². The maximum Gasteiger partial charge on any atom is 0.704 e. The first-order chi connectivity index (χ1) is 4.48. The van der Waals surface area contributed by atoms with Gasteiger partial charge in [-0.15, -0.1) is 4.89 Å². The van der Waals surface area contributed by atoms with Gasteiger partial charge in [0.05, 0.1) is 0 Å². The fourth-order valence-corrected chi connectivity index (χ4v) is 1.71. The Balaban J connectivity index is 3.87. The molecule has 0 aromatic rings. The molecule has 0 saturated heterocycles. The summed E-state index contributed by atoms with van der Waals surface area (Å²) in [6.45, 7) is 1.76. The third-order valence-corrected chi connectivity index (χ3v) is 2.70. The minimum Gasteiger partial charge on any atom is -0.310 e. The largest absolute Gasteiger partial charge is 0.704 e. The highest BCUT2D eigenvalue weighted by Gasteiger charge is 2.31. The van der Waals surface area contributed by atoms with E-state index in [9.17, 15) is 9.13 Å². The summed E-state index contributed by atoms with van der Waals surface area (Å²) in [5.74, 6) is 0. The summed E-state index contributed by atoms with van der Waals surface area (Å²) in [5.41, 5.74) is 0. The van der Waals surface area contributed by atoms with Gasteiger partial charge in [0.1, 0.15) is 0 Å². The lowest BCUT2D eigenvalue weighted by molar-refractivity contribution is 0.340. The normalized spacial score (nSPS) is 18.1. The summed E-state index contributed by atoms with van der Waals surface area (Å²) in [4.78, 5) is 16.6. The quantitative estimate of drug-likeness (QED) is 0.551. The van der Waals surface area contributed by atoms with Crippen LogP contribution in [0.4, 0.5) is 0 Å². The van der Waals surface area contributed by atoms with E-state index in [1.165, 1.54) is 0 Å². The van der Waals surface area contributed by atoms with E-state index >= 15 is 0 Å². The van der Waals surface area contributed by atoms with Crippen molar-refractivity contribution in [1.82, 2.24) is 5.09 Å². The molecule has 10 heavy (non-hydrogen) atoms. The molecule has 2 atom stereocenters. The lowest BCUT2D eigenvalue weighted by atomic mass is 10.8. The number of hydrogen-bond acceptors (Lipinski definition) is 3. The van der Waals surface area contributed by atoms with Crippen LogP contribution in [-0.4, -0.2) is 16.3 Å². The zero-order valence-electron chi connectivity index (χ0n) is 5.22. The van der Waals surface area contributed by atoms with Crippen LogP contribution in [0.5, 0.6) is 0 Å². The monoisotopic (exact) mass is 188 g/mol. The van der Waals surface area contributed by atoms with Crippen LogP contribution in [0.25, 0.3) is 0 Å². The van der Waals surface area contributed by atoms with Crippen molar-refractivity contribution >= 4 is 16.0 Å². The lowest BCUT2D eigenvalue weighted by Gasteiger charge is -2.00. The fraction of sp³-hybridized carbons (Fsp3) is 1.00. The second-order valence-electron chi connectivity index (χ2n) is 1.35. The minimum absolute atomic E-state index is 0.191. The van der Waals surface area contributed by atoms with Crippen molar-refractivity contribution in [1.29, 1.82) is 0 Å². The van der Waals surface area contributed by atoms with Crippen molar-refractivity contribution < 1.29 is 23.2 Å². The second-order valence-corrected chi connectivity index (χ2v) is 3.84. The number of rotatable bonds is 4. The minimum atomic E-state index is -4.03. The maximum absolute atomic E-state index is 10.5. The predicted molar refractivity (Wildman–Crippen MR) is 34.4 cm³/mol. The molecule has 0 rings (SSSR count). The molecular formula is C2H8NO5P2+. The van der Waals surface area contributed by atoms with Gasteiger partial charge in [0.2, 0.25) is 0 Å². The molecular weight excluding hydrogens is 180 g/mol. The van der Waals surface area contributed by atoms with E-state index in [-0.39, 0.29) is 6.54 Å². The summed E-state index contributed by atoms with van der Waals surface area (Å²) in [7, 11) is -7.06. The molecule has 0 aliphatic heterocycles. The van der Waals surface area contributed by atoms with Gasteiger partial charge < -0.3 is 4.89 Å². The van der Waals surface area contributed by atoms with Gasteiger partial charge in [-0.2, -0.15) is 0 Å². The molecule has 0 aliphatic carbocycles. The van der Waals surface area contributed by atoms with Crippen molar-refractivity contribution in [2.24, 2.45) is 0 Å². The maximum atomic E-state index is 10.5. The van der Waals surface area contributed by atoms with Crippen molar-refractivity contribution in [3.05, 3.63) is 0 Å². The average molecular weight is 188 g/mol. The Kier molecular flexibility index (Phi) is 4.20. The van der Waals surface area contributed by atoms with E-state index < -0.39 is 16.0 Å². The van der Waals surface area contributed by atoms with Crippen LogP contribution < -0.4 is 5.09 Å². The Morgan fingerprint density at radius 3 is 2.60 bits per heavy atom. The van der Waals surface area contributed by atoms with Gasteiger partial charge in [0.15, 0.2) is 0 Å². The molecule has 2 unspecified atom stereocenters. The SMILES string of the molecule is CCNP(=O)(O)O[P+](=O)O. The van der Waals surface area contributed by atoms with Crippen molar-refractivity contribution in [3.63, 3.8) is 0 Å². The molecule has 8 heteroatoms. The molecule has 0 radical (unpaired) electrons. The van der Waals surface area contributed by atoms with Gasteiger partial charge in [-0.3, -0.25) is 0 Å². The fourth-order valence-electron chi connectivity index (χ4n) is 0.323. The smallest absolute Gasteiger partial charge is 0.310 e. The van der Waals surface area contributed by atoms with Crippen molar-refractivity contribution in [2.45, 2.75) is 6.92 Å². The summed E-state index contributed by atoms with van der Waals surface area (Å²) < 4.78 is 24.1. The second kappa shape index (κ2) is 4.13. The summed E-state index contributed by atoms with van der Waals surface area (Å²) in [6.07, 6.45) is 0. The highest BCUT2D eigenvalue weighted by Crippen LogP contribution is 2.45. The van der Waals surface area contributed by atoms with E-state index in [1.54, 1.807) is 6.92 Å². The van der Waals surface area contributed by atoms with Crippen LogP contribution in [-0.2, 0) is 13.4 Å². The zero-order chi connectivity index (χ0) is 8.20. The van der Waals surface area contributed by atoms with E-state index in [2.05, 4.69) is 4.31 Å². The van der Waals surface area contributed by atoms with Crippen LogP contribution in [0.1, 0.15) is 6.92 Å². The Hall–Kier alpha value is 0.170. The average Bonchev–Trinajstić information content (AvgIpc) is 1.59. The molecule has 0 spiro atoms. The molecule has 0 heterocycles. The van der Waals surface area contributed by atoms with Gasteiger partial charge in [-0.05, 0) is 4.31 Å². The Morgan fingerprint density at radius 2 is 2.30 bits per heavy atom. The van der Waals surface area contributed by atoms with Crippen LogP contribution >= 0.6 is 16.0 Å². The van der Waals surface area contributed by atoms with Crippen molar-refractivity contribution in [2.75, 3.05) is 6.54 Å². The summed E-state index contributed by atoms with van der Waals surface area (Å²) in [6, 6.07) is 0. The topological polar surface area (TPSA) is 95.9 Å². The van der Waals surface area contributed by atoms with Crippen LogP contribution in [0.15, 0.2) is 0 Å². The molecule has 0 aromatic heterocycles. The number of nitrogens with one attached hydrogen (secondary N) is 1. The first-order valence-electron chi connectivity index (χ1n) is 2.41. The van der Waals surface area contributed by atoms with E-state index in [1.807, 2.05) is 5.09 Å². The van der Waals surface area contributed by atoms with Crippen LogP contribution in [0, 0.1) is 0 Å². The highest BCUT2D eigenvalue weighted by atomic mass is 31.2. The van der Waals surface area contributed by atoms with E-state index in [4.69, 9.17) is 9.79 Å². The van der Waals surface area contributed by atoms with Gasteiger partial charge in [-0.25, -0.2) is 9.65 Å². The van der Waals surface area contributed by atoms with Gasteiger partial charge in [-0.1, -0.05) is 6.92 Å². The van der Waals surface area contributed by atoms with Gasteiger partial charge >= 0.3 is 16.0 Å². The predicted octanol–water partition coefficient (Wildman–Crippen LogP) is 0.363. The first-order valence-corrected chi connectivity index (χ1v) is 5.12. The van der Waals surface area contributed by atoms with Crippen LogP contribution in [0.3, 0.4) is 0 Å². The Labute approximate surface area is 58.8 Å². The van der Waals surface area contributed by atoms with Gasteiger partial charge in [0, 0.05) is 11.1 Å². The molecule has 6 nitrogen and oxygen atoms in total. The molecule has 60 valence electrons. The molecule has 0 bridgehead atoms. The first kappa shape index (κ1) is 10.2. The van der Waals surface area contributed by atoms with Gasteiger partial charge in [0.25, 0.3) is 0 Å². The molecule has 0 saturated carbocycles. The lowest BCUT2D eigenvalue weighted by Crippen LogP contribution is -2.08. The third kappa shape index (κ3) is 4.99. The zero-order valence-corrected chi connectivity index (χ0v) is 7.01. The Morgan fingerprint density at radius 1 is 1.80 bits per heavy atom. The molecule has 0 amide bonds. The molecule has 0 fully saturated rings. The van der Waals surface area contributed by atoms with E-state index in [0.717, 1.165) is 0 Å².